The van der Waals surface area contributed by atoms with E-state index in [-0.39, 0.29) is 5.69 Å². The van der Waals surface area contributed by atoms with Crippen LogP contribution >= 0.6 is 11.3 Å². The second-order valence-electron chi connectivity index (χ2n) is 5.83. The summed E-state index contributed by atoms with van der Waals surface area (Å²) in [4.78, 5) is 8.99. The molecule has 1 saturated heterocycles. The first-order chi connectivity index (χ1) is 11.1. The Balaban J connectivity index is 1.84. The minimum absolute atomic E-state index is 0.168. The molecule has 0 amide bonds. The van der Waals surface area contributed by atoms with Gasteiger partial charge >= 0.3 is 0 Å². The van der Waals surface area contributed by atoms with Gasteiger partial charge in [-0.2, -0.15) is 0 Å². The molecular formula is C16H16F2N4S. The van der Waals surface area contributed by atoms with Gasteiger partial charge in [0, 0.05) is 43.0 Å². The summed E-state index contributed by atoms with van der Waals surface area (Å²) in [6.07, 6.45) is 0. The van der Waals surface area contributed by atoms with Crippen molar-refractivity contribution in [2.75, 3.05) is 38.5 Å². The second kappa shape index (κ2) is 5.58. The van der Waals surface area contributed by atoms with E-state index in [1.165, 1.54) is 6.07 Å². The number of amidine groups is 1. The topological polar surface area (TPSA) is 30.9 Å². The summed E-state index contributed by atoms with van der Waals surface area (Å²) in [5.74, 6) is -0.497. The maximum absolute atomic E-state index is 14.2. The molecule has 0 spiro atoms. The molecule has 2 aliphatic heterocycles. The van der Waals surface area contributed by atoms with Crippen LogP contribution in [0.4, 0.5) is 25.8 Å². The van der Waals surface area contributed by atoms with Gasteiger partial charge < -0.3 is 15.1 Å². The quantitative estimate of drug-likeness (QED) is 0.801. The van der Waals surface area contributed by atoms with Crippen LogP contribution in [-0.2, 0) is 0 Å². The lowest BCUT2D eigenvalue weighted by Crippen LogP contribution is -2.47. The number of halogens is 2. The molecule has 120 valence electrons. The molecule has 4 nitrogen and oxygen atoms in total. The van der Waals surface area contributed by atoms with E-state index >= 15 is 0 Å². The van der Waals surface area contributed by atoms with Crippen LogP contribution < -0.4 is 5.32 Å². The number of thiophene rings is 1. The fraction of sp³-hybridized carbons (Fsp3) is 0.312. The fourth-order valence-corrected chi connectivity index (χ4v) is 3.67. The zero-order valence-electron chi connectivity index (χ0n) is 12.6. The first-order valence-corrected chi connectivity index (χ1v) is 8.41. The molecule has 0 bridgehead atoms. The molecule has 0 atom stereocenters. The molecule has 0 radical (unpaired) electrons. The summed E-state index contributed by atoms with van der Waals surface area (Å²) in [7, 11) is 2.08. The number of benzene rings is 1. The number of hydrogen-bond acceptors (Lipinski definition) is 5. The van der Waals surface area contributed by atoms with E-state index in [2.05, 4.69) is 27.2 Å². The van der Waals surface area contributed by atoms with Crippen LogP contribution in [0.1, 0.15) is 5.56 Å². The average molecular weight is 334 g/mol. The van der Waals surface area contributed by atoms with Crippen molar-refractivity contribution in [2.24, 2.45) is 4.99 Å². The molecule has 7 heteroatoms. The Morgan fingerprint density at radius 3 is 2.65 bits per heavy atom. The molecular weight excluding hydrogens is 318 g/mol. The van der Waals surface area contributed by atoms with Gasteiger partial charge in [-0.05, 0) is 13.1 Å². The molecule has 4 rings (SSSR count). The number of nitrogens with zero attached hydrogens (tertiary/aromatic N) is 3. The molecule has 0 saturated carbocycles. The predicted octanol–water partition coefficient (Wildman–Crippen LogP) is 3.41. The van der Waals surface area contributed by atoms with E-state index in [1.807, 2.05) is 10.8 Å². The van der Waals surface area contributed by atoms with Crippen molar-refractivity contribution in [3.05, 3.63) is 40.1 Å². The SMILES string of the molecule is CN1CCN(C2=Nc3c(F)cc(F)cc3Nc3cscc32)CC1. The first-order valence-electron chi connectivity index (χ1n) is 7.46. The number of piperazine rings is 1. The second-order valence-corrected chi connectivity index (χ2v) is 6.58. The van der Waals surface area contributed by atoms with Crippen LogP contribution in [0.3, 0.4) is 0 Å². The highest BCUT2D eigenvalue weighted by atomic mass is 32.1. The minimum atomic E-state index is -0.645. The number of anilines is 2. The molecule has 23 heavy (non-hydrogen) atoms. The summed E-state index contributed by atoms with van der Waals surface area (Å²) in [5.41, 5.74) is 2.32. The molecule has 1 fully saturated rings. The number of nitrogens with one attached hydrogen (secondary N) is 1. The number of fused-ring (bicyclic) bond motifs is 2. The van der Waals surface area contributed by atoms with Gasteiger partial charge in [0.25, 0.3) is 0 Å². The Morgan fingerprint density at radius 1 is 1.09 bits per heavy atom. The molecule has 1 aromatic heterocycles. The standard InChI is InChI=1S/C16H16F2N4S/c1-21-2-4-22(5-3-21)16-11-8-23-9-14(11)19-13-7-10(17)6-12(18)15(13)20-16/h6-9,19H,2-5H2,1H3. The number of likely N-dealkylation sites (N-methyl/N-ethyl adjacent to an activating group) is 1. The van der Waals surface area contributed by atoms with Crippen molar-refractivity contribution in [2.45, 2.75) is 0 Å². The summed E-state index contributed by atoms with van der Waals surface area (Å²) in [6.45, 7) is 3.54. The van der Waals surface area contributed by atoms with Gasteiger partial charge in [-0.3, -0.25) is 0 Å². The van der Waals surface area contributed by atoms with Gasteiger partial charge in [0.2, 0.25) is 0 Å². The van der Waals surface area contributed by atoms with Gasteiger partial charge in [-0.25, -0.2) is 13.8 Å². The summed E-state index contributed by atoms with van der Waals surface area (Å²) < 4.78 is 27.8. The smallest absolute Gasteiger partial charge is 0.153 e. The normalized spacial score (nSPS) is 17.9. The summed E-state index contributed by atoms with van der Waals surface area (Å²) in [5, 5.41) is 7.06. The van der Waals surface area contributed by atoms with Crippen LogP contribution in [0.2, 0.25) is 0 Å². The maximum atomic E-state index is 14.2. The molecule has 1 N–H and O–H groups in total. The molecule has 1 aromatic carbocycles. The van der Waals surface area contributed by atoms with Gasteiger partial charge in [0.1, 0.15) is 17.3 Å². The van der Waals surface area contributed by atoms with Crippen LogP contribution in [0.5, 0.6) is 0 Å². The fourth-order valence-electron chi connectivity index (χ4n) is 2.91. The Labute approximate surface area is 137 Å². The van der Waals surface area contributed by atoms with Crippen LogP contribution in [-0.4, -0.2) is 48.9 Å². The molecule has 2 aliphatic rings. The third-order valence-corrected chi connectivity index (χ3v) is 4.96. The highest BCUT2D eigenvalue weighted by Crippen LogP contribution is 2.38. The Kier molecular flexibility index (Phi) is 3.54. The predicted molar refractivity (Wildman–Crippen MR) is 89.2 cm³/mol. The van der Waals surface area contributed by atoms with Crippen LogP contribution in [0.25, 0.3) is 0 Å². The highest BCUT2D eigenvalue weighted by molar-refractivity contribution is 7.08. The van der Waals surface area contributed by atoms with Gasteiger partial charge in [-0.1, -0.05) is 0 Å². The summed E-state index contributed by atoms with van der Waals surface area (Å²) in [6, 6.07) is 2.17. The van der Waals surface area contributed by atoms with Crippen molar-refractivity contribution in [3.63, 3.8) is 0 Å². The van der Waals surface area contributed by atoms with E-state index in [0.29, 0.717) is 5.69 Å². The van der Waals surface area contributed by atoms with Crippen molar-refractivity contribution in [1.29, 1.82) is 0 Å². The molecule has 3 heterocycles. The van der Waals surface area contributed by atoms with E-state index in [9.17, 15) is 8.78 Å². The third-order valence-electron chi connectivity index (χ3n) is 4.22. The molecule has 0 aliphatic carbocycles. The monoisotopic (exact) mass is 334 g/mol. The number of aliphatic imine (C=N–C) groups is 1. The lowest BCUT2D eigenvalue weighted by molar-refractivity contribution is 0.216. The van der Waals surface area contributed by atoms with Crippen LogP contribution in [0.15, 0.2) is 27.9 Å². The van der Waals surface area contributed by atoms with E-state index in [4.69, 9.17) is 0 Å². The highest BCUT2D eigenvalue weighted by Gasteiger charge is 2.26. The number of rotatable bonds is 0. The van der Waals surface area contributed by atoms with Crippen LogP contribution in [0, 0.1) is 11.6 Å². The van der Waals surface area contributed by atoms with Crippen molar-refractivity contribution < 1.29 is 8.78 Å². The summed E-state index contributed by atoms with van der Waals surface area (Å²) >= 11 is 1.55. The van der Waals surface area contributed by atoms with Crippen molar-refractivity contribution in [3.8, 4) is 0 Å². The van der Waals surface area contributed by atoms with Crippen molar-refractivity contribution >= 4 is 34.2 Å². The Bertz CT molecular complexity index is 778. The van der Waals surface area contributed by atoms with E-state index < -0.39 is 11.6 Å². The lowest BCUT2D eigenvalue weighted by Gasteiger charge is -2.34. The van der Waals surface area contributed by atoms with Crippen molar-refractivity contribution in [1.82, 2.24) is 9.80 Å². The van der Waals surface area contributed by atoms with Gasteiger partial charge in [-0.15, -0.1) is 11.3 Å². The number of hydrogen-bond donors (Lipinski definition) is 1. The largest absolute Gasteiger partial charge is 0.353 e. The van der Waals surface area contributed by atoms with E-state index in [0.717, 1.165) is 49.3 Å². The average Bonchev–Trinajstić information content (AvgIpc) is 2.90. The van der Waals surface area contributed by atoms with E-state index in [1.54, 1.807) is 11.3 Å². The van der Waals surface area contributed by atoms with Gasteiger partial charge in [0.05, 0.1) is 16.9 Å². The zero-order valence-corrected chi connectivity index (χ0v) is 13.5. The third kappa shape index (κ3) is 2.60. The first kappa shape index (κ1) is 14.6. The van der Waals surface area contributed by atoms with Gasteiger partial charge in [0.15, 0.2) is 5.82 Å². The molecule has 2 aromatic rings. The maximum Gasteiger partial charge on any atom is 0.153 e. The Morgan fingerprint density at radius 2 is 1.87 bits per heavy atom. The zero-order chi connectivity index (χ0) is 16.0. The Hall–Kier alpha value is -1.99. The lowest BCUT2D eigenvalue weighted by atomic mass is 10.2. The molecule has 0 unspecified atom stereocenters. The minimum Gasteiger partial charge on any atom is -0.353 e.